The fourth-order valence-electron chi connectivity index (χ4n) is 2.03. The van der Waals surface area contributed by atoms with Crippen LogP contribution in [0.2, 0.25) is 5.02 Å². The van der Waals surface area contributed by atoms with Gasteiger partial charge in [0.15, 0.2) is 0 Å². The van der Waals surface area contributed by atoms with Crippen molar-refractivity contribution in [2.45, 2.75) is 19.8 Å². The Morgan fingerprint density at radius 1 is 1.04 bits per heavy atom. The zero-order chi connectivity index (χ0) is 17.4. The predicted octanol–water partition coefficient (Wildman–Crippen LogP) is 3.27. The molecule has 0 fully saturated rings. The molecule has 0 saturated carbocycles. The Morgan fingerprint density at radius 2 is 1.75 bits per heavy atom. The van der Waals surface area contributed by atoms with Gasteiger partial charge < -0.3 is 4.74 Å². The molecular formula is C18H19ClN2O3. The van der Waals surface area contributed by atoms with Crippen molar-refractivity contribution in [3.8, 4) is 5.75 Å². The summed E-state index contributed by atoms with van der Waals surface area (Å²) < 4.78 is 5.61. The van der Waals surface area contributed by atoms with Crippen LogP contribution in [0.25, 0.3) is 0 Å². The molecule has 2 aromatic carbocycles. The number of nitrogens with one attached hydrogen (secondary N) is 2. The number of amides is 2. The average molecular weight is 347 g/mol. The minimum Gasteiger partial charge on any atom is -0.493 e. The van der Waals surface area contributed by atoms with E-state index in [-0.39, 0.29) is 12.3 Å². The molecule has 2 aromatic rings. The summed E-state index contributed by atoms with van der Waals surface area (Å²) in [6.45, 7) is 2.39. The van der Waals surface area contributed by atoms with Gasteiger partial charge in [-0.05, 0) is 37.1 Å². The van der Waals surface area contributed by atoms with Crippen molar-refractivity contribution in [3.05, 3.63) is 64.7 Å². The van der Waals surface area contributed by atoms with E-state index in [1.54, 1.807) is 24.3 Å². The zero-order valence-corrected chi connectivity index (χ0v) is 14.1. The van der Waals surface area contributed by atoms with Gasteiger partial charge >= 0.3 is 0 Å². The summed E-state index contributed by atoms with van der Waals surface area (Å²) in [7, 11) is 0. The van der Waals surface area contributed by atoms with Crippen molar-refractivity contribution in [2.75, 3.05) is 6.61 Å². The number of aryl methyl sites for hydroxylation is 1. The minimum atomic E-state index is -0.454. The number of hydrazine groups is 1. The molecule has 0 saturated heterocycles. The highest BCUT2D eigenvalue weighted by molar-refractivity contribution is 6.33. The van der Waals surface area contributed by atoms with Gasteiger partial charge in [-0.15, -0.1) is 0 Å². The van der Waals surface area contributed by atoms with Crippen molar-refractivity contribution >= 4 is 23.4 Å². The largest absolute Gasteiger partial charge is 0.493 e. The second kappa shape index (κ2) is 8.93. The molecule has 0 aromatic heterocycles. The topological polar surface area (TPSA) is 67.4 Å². The van der Waals surface area contributed by atoms with Crippen molar-refractivity contribution in [2.24, 2.45) is 0 Å². The van der Waals surface area contributed by atoms with Crippen LogP contribution in [0.1, 0.15) is 28.8 Å². The Kier molecular flexibility index (Phi) is 6.63. The predicted molar refractivity (Wildman–Crippen MR) is 93.0 cm³/mol. The van der Waals surface area contributed by atoms with Gasteiger partial charge in [0.25, 0.3) is 5.91 Å². The lowest BCUT2D eigenvalue weighted by Gasteiger charge is -2.10. The first-order valence-corrected chi connectivity index (χ1v) is 7.98. The molecule has 0 atom stereocenters. The Labute approximate surface area is 145 Å². The lowest BCUT2D eigenvalue weighted by Crippen LogP contribution is -2.41. The number of para-hydroxylation sites is 1. The fourth-order valence-corrected chi connectivity index (χ4v) is 2.26. The molecule has 2 amide bonds. The number of halogens is 1. The van der Waals surface area contributed by atoms with E-state index in [4.69, 9.17) is 16.3 Å². The first-order chi connectivity index (χ1) is 11.6. The van der Waals surface area contributed by atoms with Crippen LogP contribution in [0.4, 0.5) is 0 Å². The van der Waals surface area contributed by atoms with Crippen LogP contribution in [0.15, 0.2) is 48.5 Å². The van der Waals surface area contributed by atoms with Crippen LogP contribution in [-0.2, 0) is 4.79 Å². The van der Waals surface area contributed by atoms with E-state index in [1.807, 2.05) is 31.2 Å². The molecular weight excluding hydrogens is 328 g/mol. The van der Waals surface area contributed by atoms with Crippen LogP contribution < -0.4 is 15.6 Å². The molecule has 126 valence electrons. The molecule has 0 heterocycles. The van der Waals surface area contributed by atoms with Crippen LogP contribution in [0.3, 0.4) is 0 Å². The highest BCUT2D eigenvalue weighted by Crippen LogP contribution is 2.16. The number of rotatable bonds is 6. The summed E-state index contributed by atoms with van der Waals surface area (Å²) >= 11 is 5.92. The molecule has 0 bridgehead atoms. The molecule has 5 nitrogen and oxygen atoms in total. The number of ether oxygens (including phenoxy) is 1. The van der Waals surface area contributed by atoms with Crippen LogP contribution in [-0.4, -0.2) is 18.4 Å². The first-order valence-electron chi connectivity index (χ1n) is 7.60. The smallest absolute Gasteiger partial charge is 0.271 e. The van der Waals surface area contributed by atoms with E-state index in [2.05, 4.69) is 10.9 Å². The third-order valence-electron chi connectivity index (χ3n) is 3.33. The van der Waals surface area contributed by atoms with Gasteiger partial charge in [0.2, 0.25) is 5.91 Å². The molecule has 0 unspecified atom stereocenters. The van der Waals surface area contributed by atoms with E-state index in [0.29, 0.717) is 23.6 Å². The number of hydrogen-bond acceptors (Lipinski definition) is 3. The molecule has 0 radical (unpaired) electrons. The summed E-state index contributed by atoms with van der Waals surface area (Å²) in [4.78, 5) is 23.6. The Bertz CT molecular complexity index is 719. The fraction of sp³-hybridized carbons (Fsp3) is 0.222. The zero-order valence-electron chi connectivity index (χ0n) is 13.3. The molecule has 0 aliphatic carbocycles. The number of carbonyl (C=O) groups excluding carboxylic acids is 2. The van der Waals surface area contributed by atoms with Gasteiger partial charge in [0.1, 0.15) is 5.75 Å². The van der Waals surface area contributed by atoms with Crippen molar-refractivity contribution < 1.29 is 14.3 Å². The normalized spacial score (nSPS) is 10.1. The molecule has 2 rings (SSSR count). The monoisotopic (exact) mass is 346 g/mol. The molecule has 24 heavy (non-hydrogen) atoms. The molecule has 0 aliphatic rings. The second-order valence-corrected chi connectivity index (χ2v) is 5.61. The molecule has 0 aliphatic heterocycles. The van der Waals surface area contributed by atoms with E-state index in [0.717, 1.165) is 11.3 Å². The van der Waals surface area contributed by atoms with Crippen molar-refractivity contribution in [1.82, 2.24) is 10.9 Å². The highest BCUT2D eigenvalue weighted by atomic mass is 35.5. The lowest BCUT2D eigenvalue weighted by molar-refractivity contribution is -0.122. The third kappa shape index (κ3) is 5.28. The average Bonchev–Trinajstić information content (AvgIpc) is 2.58. The maximum atomic E-state index is 11.9. The maximum absolute atomic E-state index is 11.9. The van der Waals surface area contributed by atoms with E-state index < -0.39 is 5.91 Å². The summed E-state index contributed by atoms with van der Waals surface area (Å²) in [6, 6.07) is 14.3. The summed E-state index contributed by atoms with van der Waals surface area (Å²) in [5.41, 5.74) is 6.07. The summed E-state index contributed by atoms with van der Waals surface area (Å²) in [5, 5.41) is 0.330. The SMILES string of the molecule is Cc1ccccc1OCCCC(=O)NNC(=O)c1ccccc1Cl. The van der Waals surface area contributed by atoms with Gasteiger partial charge in [-0.25, -0.2) is 0 Å². The number of hydrogen-bond donors (Lipinski definition) is 2. The Hall–Kier alpha value is -2.53. The lowest BCUT2D eigenvalue weighted by atomic mass is 10.2. The van der Waals surface area contributed by atoms with Gasteiger partial charge in [0.05, 0.1) is 17.2 Å². The van der Waals surface area contributed by atoms with Crippen LogP contribution >= 0.6 is 11.6 Å². The molecule has 0 spiro atoms. The first kappa shape index (κ1) is 17.8. The number of benzene rings is 2. The summed E-state index contributed by atoms with van der Waals surface area (Å²) in [5.74, 6) is 0.0684. The maximum Gasteiger partial charge on any atom is 0.271 e. The van der Waals surface area contributed by atoms with Crippen molar-refractivity contribution in [3.63, 3.8) is 0 Å². The van der Waals surface area contributed by atoms with Gasteiger partial charge in [-0.3, -0.25) is 20.4 Å². The van der Waals surface area contributed by atoms with E-state index >= 15 is 0 Å². The van der Waals surface area contributed by atoms with E-state index in [1.165, 1.54) is 0 Å². The van der Waals surface area contributed by atoms with Gasteiger partial charge in [-0.2, -0.15) is 0 Å². The highest BCUT2D eigenvalue weighted by Gasteiger charge is 2.10. The molecule has 2 N–H and O–H groups in total. The van der Waals surface area contributed by atoms with Crippen LogP contribution in [0.5, 0.6) is 5.75 Å². The van der Waals surface area contributed by atoms with E-state index in [9.17, 15) is 9.59 Å². The van der Waals surface area contributed by atoms with Gasteiger partial charge in [-0.1, -0.05) is 41.9 Å². The quantitative estimate of drug-likeness (QED) is 0.623. The van der Waals surface area contributed by atoms with Gasteiger partial charge in [0, 0.05) is 6.42 Å². The van der Waals surface area contributed by atoms with Crippen LogP contribution in [0, 0.1) is 6.92 Å². The number of carbonyl (C=O) groups is 2. The van der Waals surface area contributed by atoms with Crippen molar-refractivity contribution in [1.29, 1.82) is 0 Å². The Balaban J connectivity index is 1.68. The minimum absolute atomic E-state index is 0.245. The standard InChI is InChI=1S/C18H19ClN2O3/c1-13-7-2-5-10-16(13)24-12-6-11-17(22)20-21-18(23)14-8-3-4-9-15(14)19/h2-5,7-10H,6,11-12H2,1H3,(H,20,22)(H,21,23). The summed E-state index contributed by atoms with van der Waals surface area (Å²) in [6.07, 6.45) is 0.789. The Morgan fingerprint density at radius 3 is 2.50 bits per heavy atom. The third-order valence-corrected chi connectivity index (χ3v) is 3.66. The second-order valence-electron chi connectivity index (χ2n) is 5.20. The molecule has 6 heteroatoms.